The molecule has 6 heteroatoms. The minimum atomic E-state index is -0.0559. The number of carbonyl (C=O) groups excluding carboxylic acids is 2. The Balaban J connectivity index is 1.34. The Labute approximate surface area is 183 Å². The van der Waals surface area contributed by atoms with Crippen molar-refractivity contribution in [3.8, 4) is 11.1 Å². The third-order valence-electron chi connectivity index (χ3n) is 6.16. The number of piperidine rings is 1. The zero-order valence-corrected chi connectivity index (χ0v) is 18.1. The Bertz CT molecular complexity index is 932. The quantitative estimate of drug-likeness (QED) is 0.736. The summed E-state index contributed by atoms with van der Waals surface area (Å²) >= 11 is 6.10. The molecule has 2 fully saturated rings. The number of halogens is 1. The van der Waals surface area contributed by atoms with Crippen molar-refractivity contribution < 1.29 is 9.59 Å². The highest BCUT2D eigenvalue weighted by atomic mass is 35.5. The van der Waals surface area contributed by atoms with Gasteiger partial charge in [0.05, 0.1) is 0 Å². The first-order valence-corrected chi connectivity index (χ1v) is 11.1. The van der Waals surface area contributed by atoms with Crippen LogP contribution in [0.15, 0.2) is 42.5 Å². The maximum absolute atomic E-state index is 12.8. The van der Waals surface area contributed by atoms with Gasteiger partial charge in [-0.15, -0.1) is 0 Å². The summed E-state index contributed by atoms with van der Waals surface area (Å²) in [5, 5.41) is 3.80. The van der Waals surface area contributed by atoms with Gasteiger partial charge in [-0.3, -0.25) is 4.79 Å². The lowest BCUT2D eigenvalue weighted by atomic mass is 9.95. The van der Waals surface area contributed by atoms with Crippen molar-refractivity contribution in [3.63, 3.8) is 0 Å². The van der Waals surface area contributed by atoms with Crippen molar-refractivity contribution in [1.29, 1.82) is 0 Å². The summed E-state index contributed by atoms with van der Waals surface area (Å²) in [5.74, 6) is -0.0125. The highest BCUT2D eigenvalue weighted by Gasteiger charge is 2.30. The van der Waals surface area contributed by atoms with E-state index < -0.39 is 0 Å². The van der Waals surface area contributed by atoms with E-state index in [-0.39, 0.29) is 17.9 Å². The van der Waals surface area contributed by atoms with Crippen LogP contribution in [0.25, 0.3) is 11.1 Å². The van der Waals surface area contributed by atoms with Gasteiger partial charge in [-0.2, -0.15) is 0 Å². The second-order valence-corrected chi connectivity index (χ2v) is 8.70. The first-order chi connectivity index (χ1) is 14.5. The predicted molar refractivity (Wildman–Crippen MR) is 121 cm³/mol. The molecule has 0 bridgehead atoms. The van der Waals surface area contributed by atoms with Crippen LogP contribution < -0.4 is 5.32 Å². The van der Waals surface area contributed by atoms with E-state index in [1.807, 2.05) is 53.1 Å². The standard InChI is InChI=1S/C24H28ClN3O2/c1-17-15-20(19-5-4-6-21(25)16-19)7-8-22(17)26-23(29)18-9-13-28(14-10-18)24(30)27-11-2-3-12-27/h4-8,15-16,18H,2-3,9-14H2,1H3,(H,26,29). The van der Waals surface area contributed by atoms with Crippen molar-refractivity contribution >= 4 is 29.2 Å². The van der Waals surface area contributed by atoms with Crippen molar-refractivity contribution in [3.05, 3.63) is 53.1 Å². The lowest BCUT2D eigenvalue weighted by Crippen LogP contribution is -2.47. The lowest BCUT2D eigenvalue weighted by molar-refractivity contribution is -0.121. The van der Waals surface area contributed by atoms with Gasteiger partial charge in [0.15, 0.2) is 0 Å². The van der Waals surface area contributed by atoms with Crippen LogP contribution in [-0.2, 0) is 4.79 Å². The summed E-state index contributed by atoms with van der Waals surface area (Å²) in [4.78, 5) is 29.2. The average Bonchev–Trinajstić information content (AvgIpc) is 3.29. The second kappa shape index (κ2) is 9.09. The van der Waals surface area contributed by atoms with Crippen molar-refractivity contribution in [1.82, 2.24) is 9.80 Å². The van der Waals surface area contributed by atoms with Gasteiger partial charge in [-0.05, 0) is 73.6 Å². The van der Waals surface area contributed by atoms with E-state index in [1.165, 1.54) is 0 Å². The molecule has 2 saturated heterocycles. The molecule has 0 spiro atoms. The molecule has 1 N–H and O–H groups in total. The third-order valence-corrected chi connectivity index (χ3v) is 6.39. The van der Waals surface area contributed by atoms with Crippen LogP contribution in [0.2, 0.25) is 5.02 Å². The van der Waals surface area contributed by atoms with E-state index in [0.717, 1.165) is 48.3 Å². The highest BCUT2D eigenvalue weighted by Crippen LogP contribution is 2.28. The van der Waals surface area contributed by atoms with Gasteiger partial charge < -0.3 is 15.1 Å². The van der Waals surface area contributed by atoms with E-state index >= 15 is 0 Å². The average molecular weight is 426 g/mol. The molecular weight excluding hydrogens is 398 g/mol. The zero-order chi connectivity index (χ0) is 21.1. The molecule has 0 saturated carbocycles. The highest BCUT2D eigenvalue weighted by molar-refractivity contribution is 6.30. The topological polar surface area (TPSA) is 52.7 Å². The Morgan fingerprint density at radius 1 is 0.933 bits per heavy atom. The van der Waals surface area contributed by atoms with Gasteiger partial charge in [0.25, 0.3) is 0 Å². The SMILES string of the molecule is Cc1cc(-c2cccc(Cl)c2)ccc1NC(=O)C1CCN(C(=O)N2CCCC2)CC1. The number of aryl methyl sites for hydroxylation is 1. The Hall–Kier alpha value is -2.53. The molecule has 0 unspecified atom stereocenters. The first-order valence-electron chi connectivity index (χ1n) is 10.7. The number of hydrogen-bond acceptors (Lipinski definition) is 2. The second-order valence-electron chi connectivity index (χ2n) is 8.27. The summed E-state index contributed by atoms with van der Waals surface area (Å²) in [6, 6.07) is 13.9. The lowest BCUT2D eigenvalue weighted by Gasteiger charge is -2.34. The van der Waals surface area contributed by atoms with Crippen LogP contribution in [0, 0.1) is 12.8 Å². The Morgan fingerprint density at radius 3 is 2.27 bits per heavy atom. The maximum Gasteiger partial charge on any atom is 0.319 e. The van der Waals surface area contributed by atoms with E-state index in [1.54, 1.807) is 0 Å². The summed E-state index contributed by atoms with van der Waals surface area (Å²) < 4.78 is 0. The fourth-order valence-corrected chi connectivity index (χ4v) is 4.52. The predicted octanol–water partition coefficient (Wildman–Crippen LogP) is 5.18. The molecule has 0 aliphatic carbocycles. The number of likely N-dealkylation sites (tertiary alicyclic amines) is 2. The minimum absolute atomic E-state index is 0.0434. The molecule has 2 aromatic carbocycles. The van der Waals surface area contributed by atoms with Crippen molar-refractivity contribution in [2.45, 2.75) is 32.6 Å². The zero-order valence-electron chi connectivity index (χ0n) is 17.4. The maximum atomic E-state index is 12.8. The van der Waals surface area contributed by atoms with Crippen LogP contribution in [0.3, 0.4) is 0 Å². The van der Waals surface area contributed by atoms with E-state index in [4.69, 9.17) is 11.6 Å². The molecule has 2 aromatic rings. The van der Waals surface area contributed by atoms with Crippen LogP contribution in [0.5, 0.6) is 0 Å². The molecule has 0 radical (unpaired) electrons. The number of nitrogens with one attached hydrogen (secondary N) is 1. The summed E-state index contributed by atoms with van der Waals surface area (Å²) in [5.41, 5.74) is 3.98. The normalized spacial score (nSPS) is 17.3. The number of carbonyl (C=O) groups is 2. The third kappa shape index (κ3) is 4.62. The van der Waals surface area contributed by atoms with Crippen LogP contribution in [0.1, 0.15) is 31.2 Å². The van der Waals surface area contributed by atoms with Crippen LogP contribution in [-0.4, -0.2) is 47.9 Å². The fraction of sp³-hybridized carbons (Fsp3) is 0.417. The van der Waals surface area contributed by atoms with Gasteiger partial charge in [0.2, 0.25) is 5.91 Å². The van der Waals surface area contributed by atoms with E-state index in [9.17, 15) is 9.59 Å². The number of hydrogen-bond donors (Lipinski definition) is 1. The molecule has 0 atom stereocenters. The first kappa shape index (κ1) is 20.7. The monoisotopic (exact) mass is 425 g/mol. The van der Waals surface area contributed by atoms with Gasteiger partial charge in [0, 0.05) is 42.8 Å². The molecule has 4 rings (SSSR count). The smallest absolute Gasteiger partial charge is 0.319 e. The number of anilines is 1. The van der Waals surface area contributed by atoms with Gasteiger partial charge in [-0.1, -0.05) is 29.8 Å². The Morgan fingerprint density at radius 2 is 1.60 bits per heavy atom. The van der Waals surface area contributed by atoms with Gasteiger partial charge >= 0.3 is 6.03 Å². The van der Waals surface area contributed by atoms with Crippen molar-refractivity contribution in [2.75, 3.05) is 31.5 Å². The molecule has 3 amide bonds. The minimum Gasteiger partial charge on any atom is -0.326 e. The molecule has 158 valence electrons. The number of urea groups is 1. The molecular formula is C24H28ClN3O2. The summed E-state index contributed by atoms with van der Waals surface area (Å²) in [6.07, 6.45) is 3.62. The van der Waals surface area contributed by atoms with Crippen molar-refractivity contribution in [2.24, 2.45) is 5.92 Å². The van der Waals surface area contributed by atoms with Crippen LogP contribution >= 0.6 is 11.6 Å². The largest absolute Gasteiger partial charge is 0.326 e. The molecule has 2 aliphatic heterocycles. The summed E-state index contributed by atoms with van der Waals surface area (Å²) in [6.45, 7) is 5.04. The Kier molecular flexibility index (Phi) is 6.28. The van der Waals surface area contributed by atoms with E-state index in [2.05, 4.69) is 11.4 Å². The van der Waals surface area contributed by atoms with Gasteiger partial charge in [-0.25, -0.2) is 4.79 Å². The molecule has 2 aliphatic rings. The molecule has 2 heterocycles. The van der Waals surface area contributed by atoms with E-state index in [0.29, 0.717) is 31.0 Å². The fourth-order valence-electron chi connectivity index (χ4n) is 4.33. The summed E-state index contributed by atoms with van der Waals surface area (Å²) in [7, 11) is 0. The number of rotatable bonds is 3. The molecule has 5 nitrogen and oxygen atoms in total. The number of nitrogens with zero attached hydrogens (tertiary/aromatic N) is 2. The number of benzene rings is 2. The number of amides is 3. The molecule has 30 heavy (non-hydrogen) atoms. The van der Waals surface area contributed by atoms with Crippen LogP contribution in [0.4, 0.5) is 10.5 Å². The molecule has 0 aromatic heterocycles. The van der Waals surface area contributed by atoms with Gasteiger partial charge in [0.1, 0.15) is 0 Å².